The lowest BCUT2D eigenvalue weighted by molar-refractivity contribution is -0.138. The van der Waals surface area contributed by atoms with Gasteiger partial charge in [0.15, 0.2) is 0 Å². The highest BCUT2D eigenvalue weighted by atomic mass is 35.5. The summed E-state index contributed by atoms with van der Waals surface area (Å²) in [6.07, 6.45) is 2.19. The van der Waals surface area contributed by atoms with Crippen LogP contribution in [0.4, 0.5) is 0 Å². The van der Waals surface area contributed by atoms with Crippen molar-refractivity contribution in [3.63, 3.8) is 0 Å². The minimum atomic E-state index is -0.970. The first kappa shape index (κ1) is 12.5. The van der Waals surface area contributed by atoms with Crippen molar-refractivity contribution in [1.29, 1.82) is 0 Å². The van der Waals surface area contributed by atoms with E-state index in [0.29, 0.717) is 6.42 Å². The van der Waals surface area contributed by atoms with Crippen molar-refractivity contribution < 1.29 is 9.90 Å². The smallest absolute Gasteiger partial charge is 0.320 e. The molecule has 86 valence electrons. The number of rotatable bonds is 3. The summed E-state index contributed by atoms with van der Waals surface area (Å²) < 4.78 is 0. The number of carboxylic acids is 1. The number of carboxylic acid groups (broad SMARTS) is 1. The van der Waals surface area contributed by atoms with Gasteiger partial charge in [-0.25, -0.2) is 0 Å². The zero-order valence-corrected chi connectivity index (χ0v) is 9.33. The first-order chi connectivity index (χ1) is 7.18. The van der Waals surface area contributed by atoms with E-state index in [4.69, 9.17) is 10.8 Å². The Labute approximate surface area is 98.9 Å². The number of H-pyrrole nitrogens is 1. The molecule has 0 aliphatic heterocycles. The molecule has 1 heterocycles. The second-order valence-corrected chi connectivity index (χ2v) is 3.50. The summed E-state index contributed by atoms with van der Waals surface area (Å²) in [4.78, 5) is 13.7. The van der Waals surface area contributed by atoms with Crippen molar-refractivity contribution in [2.45, 2.75) is 12.5 Å². The Morgan fingerprint density at radius 1 is 1.44 bits per heavy atom. The summed E-state index contributed by atoms with van der Waals surface area (Å²) in [6.45, 7) is 0. The van der Waals surface area contributed by atoms with Crippen LogP contribution in [0.25, 0.3) is 10.9 Å². The summed E-state index contributed by atoms with van der Waals surface area (Å²) in [6, 6.07) is 6.83. The molecule has 1 aromatic carbocycles. The number of halogens is 1. The number of benzene rings is 1. The van der Waals surface area contributed by atoms with Gasteiger partial charge in [0, 0.05) is 17.1 Å². The Hall–Kier alpha value is -1.52. The predicted molar refractivity (Wildman–Crippen MR) is 64.9 cm³/mol. The van der Waals surface area contributed by atoms with Crippen molar-refractivity contribution >= 4 is 29.3 Å². The quantitative estimate of drug-likeness (QED) is 0.762. The highest BCUT2D eigenvalue weighted by molar-refractivity contribution is 5.85. The monoisotopic (exact) mass is 240 g/mol. The standard InChI is InChI=1S/C11H12N2O2.ClH/c12-9(11(14)15)6-7-2-1-3-10-8(7)4-5-13-10;/h1-5,9,13H,6,12H2,(H,14,15);1H. The first-order valence-electron chi connectivity index (χ1n) is 4.72. The molecule has 5 heteroatoms. The molecule has 2 rings (SSSR count). The van der Waals surface area contributed by atoms with Crippen molar-refractivity contribution in [2.24, 2.45) is 5.73 Å². The molecule has 0 amide bonds. The van der Waals surface area contributed by atoms with Gasteiger partial charge in [-0.1, -0.05) is 12.1 Å². The molecule has 1 unspecified atom stereocenters. The van der Waals surface area contributed by atoms with Crippen molar-refractivity contribution in [3.8, 4) is 0 Å². The van der Waals surface area contributed by atoms with Gasteiger partial charge in [-0.05, 0) is 24.1 Å². The van der Waals surface area contributed by atoms with E-state index in [1.165, 1.54) is 0 Å². The Morgan fingerprint density at radius 2 is 2.19 bits per heavy atom. The van der Waals surface area contributed by atoms with E-state index in [1.807, 2.05) is 30.5 Å². The molecular weight excluding hydrogens is 228 g/mol. The van der Waals surface area contributed by atoms with Crippen LogP contribution in [-0.4, -0.2) is 22.1 Å². The van der Waals surface area contributed by atoms with Crippen LogP contribution in [0.3, 0.4) is 0 Å². The number of hydrogen-bond donors (Lipinski definition) is 3. The van der Waals surface area contributed by atoms with E-state index in [0.717, 1.165) is 16.5 Å². The van der Waals surface area contributed by atoms with Crippen LogP contribution in [0, 0.1) is 0 Å². The van der Waals surface area contributed by atoms with Gasteiger partial charge in [0.2, 0.25) is 0 Å². The largest absolute Gasteiger partial charge is 0.480 e. The summed E-state index contributed by atoms with van der Waals surface area (Å²) in [5.41, 5.74) is 7.46. The number of carbonyl (C=O) groups is 1. The Morgan fingerprint density at radius 3 is 2.88 bits per heavy atom. The van der Waals surface area contributed by atoms with Crippen LogP contribution in [0.1, 0.15) is 5.56 Å². The fraction of sp³-hybridized carbons (Fsp3) is 0.182. The van der Waals surface area contributed by atoms with Gasteiger partial charge in [0.25, 0.3) is 0 Å². The number of aromatic nitrogens is 1. The van der Waals surface area contributed by atoms with E-state index in [-0.39, 0.29) is 12.4 Å². The van der Waals surface area contributed by atoms with Gasteiger partial charge in [0.1, 0.15) is 6.04 Å². The van der Waals surface area contributed by atoms with E-state index >= 15 is 0 Å². The minimum absolute atomic E-state index is 0. The second-order valence-electron chi connectivity index (χ2n) is 3.50. The number of nitrogens with one attached hydrogen (secondary N) is 1. The average Bonchev–Trinajstić information content (AvgIpc) is 2.66. The second kappa shape index (κ2) is 5.01. The lowest BCUT2D eigenvalue weighted by Crippen LogP contribution is -2.32. The fourth-order valence-electron chi connectivity index (χ4n) is 1.65. The van der Waals surface area contributed by atoms with Crippen LogP contribution < -0.4 is 5.73 Å². The molecule has 0 aliphatic rings. The third-order valence-electron chi connectivity index (χ3n) is 2.44. The molecule has 4 N–H and O–H groups in total. The van der Waals surface area contributed by atoms with Crippen LogP contribution in [0.15, 0.2) is 30.5 Å². The normalized spacial score (nSPS) is 12.1. The Bertz CT molecular complexity index is 495. The molecule has 1 atom stereocenters. The van der Waals surface area contributed by atoms with Crippen molar-refractivity contribution in [1.82, 2.24) is 4.98 Å². The molecule has 0 spiro atoms. The predicted octanol–water partition coefficient (Wildman–Crippen LogP) is 1.54. The third-order valence-corrected chi connectivity index (χ3v) is 2.44. The van der Waals surface area contributed by atoms with Crippen molar-refractivity contribution in [2.75, 3.05) is 0 Å². The summed E-state index contributed by atoms with van der Waals surface area (Å²) in [5.74, 6) is -0.970. The molecule has 16 heavy (non-hydrogen) atoms. The van der Waals surface area contributed by atoms with Crippen molar-refractivity contribution in [3.05, 3.63) is 36.0 Å². The molecule has 0 radical (unpaired) electrons. The third kappa shape index (κ3) is 2.35. The maximum atomic E-state index is 10.6. The molecule has 0 fully saturated rings. The molecule has 2 aromatic rings. The van der Waals surface area contributed by atoms with Crippen LogP contribution >= 0.6 is 12.4 Å². The van der Waals surface area contributed by atoms with Gasteiger partial charge in [-0.3, -0.25) is 4.79 Å². The molecular formula is C11H13ClN2O2. The lowest BCUT2D eigenvalue weighted by atomic mass is 10.0. The topological polar surface area (TPSA) is 79.1 Å². The minimum Gasteiger partial charge on any atom is -0.480 e. The maximum Gasteiger partial charge on any atom is 0.320 e. The molecule has 4 nitrogen and oxygen atoms in total. The molecule has 1 aromatic heterocycles. The highest BCUT2D eigenvalue weighted by Crippen LogP contribution is 2.18. The van der Waals surface area contributed by atoms with E-state index in [9.17, 15) is 4.79 Å². The van der Waals surface area contributed by atoms with E-state index < -0.39 is 12.0 Å². The van der Waals surface area contributed by atoms with Gasteiger partial charge >= 0.3 is 5.97 Å². The zero-order valence-electron chi connectivity index (χ0n) is 8.51. The number of fused-ring (bicyclic) bond motifs is 1. The highest BCUT2D eigenvalue weighted by Gasteiger charge is 2.13. The Kier molecular flexibility index (Phi) is 3.93. The molecule has 0 saturated heterocycles. The summed E-state index contributed by atoms with van der Waals surface area (Å²) in [5, 5.41) is 9.77. The first-order valence-corrected chi connectivity index (χ1v) is 4.72. The van der Waals surface area contributed by atoms with Gasteiger partial charge in [0.05, 0.1) is 0 Å². The van der Waals surface area contributed by atoms with E-state index in [1.54, 1.807) is 0 Å². The maximum absolute atomic E-state index is 10.6. The summed E-state index contributed by atoms with van der Waals surface area (Å²) in [7, 11) is 0. The summed E-state index contributed by atoms with van der Waals surface area (Å²) >= 11 is 0. The molecule has 0 bridgehead atoms. The van der Waals surface area contributed by atoms with Crippen LogP contribution in [0.2, 0.25) is 0 Å². The fourth-order valence-corrected chi connectivity index (χ4v) is 1.65. The Balaban J connectivity index is 0.00000128. The van der Waals surface area contributed by atoms with E-state index in [2.05, 4.69) is 4.98 Å². The zero-order chi connectivity index (χ0) is 10.8. The number of aromatic amines is 1. The number of aliphatic carboxylic acids is 1. The molecule has 0 saturated carbocycles. The lowest BCUT2D eigenvalue weighted by Gasteiger charge is -2.07. The van der Waals surface area contributed by atoms with Gasteiger partial charge < -0.3 is 15.8 Å². The van der Waals surface area contributed by atoms with Gasteiger partial charge in [-0.2, -0.15) is 0 Å². The SMILES string of the molecule is Cl.NC(Cc1cccc2[nH]ccc12)C(=O)O. The van der Waals surface area contributed by atoms with Crippen LogP contribution in [0.5, 0.6) is 0 Å². The number of hydrogen-bond acceptors (Lipinski definition) is 2. The molecule has 0 aliphatic carbocycles. The average molecular weight is 241 g/mol. The van der Waals surface area contributed by atoms with Gasteiger partial charge in [-0.15, -0.1) is 12.4 Å². The number of nitrogens with two attached hydrogens (primary N) is 1. The van der Waals surface area contributed by atoms with Crippen LogP contribution in [-0.2, 0) is 11.2 Å².